The largest absolute Gasteiger partial charge is 0.388 e. The van der Waals surface area contributed by atoms with Crippen molar-refractivity contribution in [1.29, 1.82) is 0 Å². The van der Waals surface area contributed by atoms with Gasteiger partial charge in [0.1, 0.15) is 10.8 Å². The standard InChI is InChI=1S/C12H10FN3S/c13-8-2-1-3-9(6-8)16-10-4-5-15-11(7-10)12(14)17/h1-7H,(H2,14,17)(H,15,16). The second-order valence-electron chi connectivity index (χ2n) is 3.43. The van der Waals surface area contributed by atoms with E-state index < -0.39 is 0 Å². The molecule has 0 saturated heterocycles. The van der Waals surface area contributed by atoms with Crippen LogP contribution in [0.2, 0.25) is 0 Å². The normalized spacial score (nSPS) is 9.94. The minimum atomic E-state index is -0.293. The predicted molar refractivity (Wildman–Crippen MR) is 69.8 cm³/mol. The molecule has 3 N–H and O–H groups in total. The lowest BCUT2D eigenvalue weighted by molar-refractivity contribution is 0.628. The van der Waals surface area contributed by atoms with Crippen molar-refractivity contribution >= 4 is 28.6 Å². The van der Waals surface area contributed by atoms with Gasteiger partial charge in [-0.2, -0.15) is 0 Å². The smallest absolute Gasteiger partial charge is 0.125 e. The summed E-state index contributed by atoms with van der Waals surface area (Å²) in [7, 11) is 0. The molecule has 2 rings (SSSR count). The van der Waals surface area contributed by atoms with Gasteiger partial charge in [-0.1, -0.05) is 18.3 Å². The minimum absolute atomic E-state index is 0.230. The van der Waals surface area contributed by atoms with Crippen molar-refractivity contribution in [1.82, 2.24) is 4.98 Å². The Morgan fingerprint density at radius 2 is 2.00 bits per heavy atom. The van der Waals surface area contributed by atoms with Crippen LogP contribution in [0.15, 0.2) is 42.6 Å². The molecular formula is C12H10FN3S. The Labute approximate surface area is 103 Å². The second kappa shape index (κ2) is 4.88. The van der Waals surface area contributed by atoms with Gasteiger partial charge in [0.05, 0.1) is 5.69 Å². The number of aromatic nitrogens is 1. The number of anilines is 2. The maximum absolute atomic E-state index is 13.0. The molecule has 0 amide bonds. The highest BCUT2D eigenvalue weighted by Gasteiger charge is 2.01. The molecule has 1 aromatic carbocycles. The van der Waals surface area contributed by atoms with Crippen molar-refractivity contribution in [2.75, 3.05) is 5.32 Å². The molecule has 0 aliphatic rings. The molecule has 0 fully saturated rings. The SMILES string of the molecule is NC(=S)c1cc(Nc2cccc(F)c2)ccn1. The van der Waals surface area contributed by atoms with E-state index in [1.54, 1.807) is 30.5 Å². The van der Waals surface area contributed by atoms with Crippen LogP contribution < -0.4 is 11.1 Å². The fraction of sp³-hybridized carbons (Fsp3) is 0. The third-order valence-electron chi connectivity index (χ3n) is 2.13. The Bertz CT molecular complexity index is 557. The molecule has 0 aliphatic carbocycles. The Hall–Kier alpha value is -2.01. The zero-order valence-corrected chi connectivity index (χ0v) is 9.67. The molecule has 0 bridgehead atoms. The summed E-state index contributed by atoms with van der Waals surface area (Å²) < 4.78 is 13.0. The predicted octanol–water partition coefficient (Wildman–Crippen LogP) is 2.60. The summed E-state index contributed by atoms with van der Waals surface area (Å²) in [6.07, 6.45) is 1.59. The van der Waals surface area contributed by atoms with Gasteiger partial charge in [0.25, 0.3) is 0 Å². The first-order valence-corrected chi connectivity index (χ1v) is 5.34. The Kier molecular flexibility index (Phi) is 3.30. The van der Waals surface area contributed by atoms with Gasteiger partial charge >= 0.3 is 0 Å². The lowest BCUT2D eigenvalue weighted by Gasteiger charge is -2.07. The van der Waals surface area contributed by atoms with E-state index in [4.69, 9.17) is 18.0 Å². The average molecular weight is 247 g/mol. The molecule has 5 heteroatoms. The summed E-state index contributed by atoms with van der Waals surface area (Å²) in [6.45, 7) is 0. The van der Waals surface area contributed by atoms with Crippen LogP contribution in [0.5, 0.6) is 0 Å². The number of nitrogens with zero attached hydrogens (tertiary/aromatic N) is 1. The number of nitrogens with one attached hydrogen (secondary N) is 1. The minimum Gasteiger partial charge on any atom is -0.388 e. The van der Waals surface area contributed by atoms with E-state index >= 15 is 0 Å². The van der Waals surface area contributed by atoms with Crippen molar-refractivity contribution < 1.29 is 4.39 Å². The van der Waals surface area contributed by atoms with Crippen LogP contribution in [0, 0.1) is 5.82 Å². The second-order valence-corrected chi connectivity index (χ2v) is 3.87. The van der Waals surface area contributed by atoms with Crippen LogP contribution in [-0.2, 0) is 0 Å². The Morgan fingerprint density at radius 1 is 1.24 bits per heavy atom. The molecule has 0 unspecified atom stereocenters. The van der Waals surface area contributed by atoms with E-state index in [-0.39, 0.29) is 10.8 Å². The zero-order valence-electron chi connectivity index (χ0n) is 8.85. The van der Waals surface area contributed by atoms with E-state index in [0.29, 0.717) is 11.4 Å². The van der Waals surface area contributed by atoms with Crippen LogP contribution in [0.4, 0.5) is 15.8 Å². The van der Waals surface area contributed by atoms with E-state index in [2.05, 4.69) is 10.3 Å². The first kappa shape index (κ1) is 11.5. The van der Waals surface area contributed by atoms with E-state index in [1.165, 1.54) is 12.1 Å². The molecule has 2 aromatic rings. The molecule has 0 radical (unpaired) electrons. The van der Waals surface area contributed by atoms with Crippen molar-refractivity contribution in [3.8, 4) is 0 Å². The summed E-state index contributed by atoms with van der Waals surface area (Å²) in [5.74, 6) is -0.293. The van der Waals surface area contributed by atoms with Crippen molar-refractivity contribution in [3.63, 3.8) is 0 Å². The van der Waals surface area contributed by atoms with Gasteiger partial charge in [-0.25, -0.2) is 4.39 Å². The molecule has 1 aromatic heterocycles. The lowest BCUT2D eigenvalue weighted by atomic mass is 10.2. The number of halogens is 1. The number of pyridine rings is 1. The molecule has 0 spiro atoms. The van der Waals surface area contributed by atoms with Gasteiger partial charge in [0, 0.05) is 17.6 Å². The lowest BCUT2D eigenvalue weighted by Crippen LogP contribution is -2.11. The molecule has 0 aliphatic heterocycles. The van der Waals surface area contributed by atoms with Gasteiger partial charge in [0.2, 0.25) is 0 Å². The number of nitrogens with two attached hydrogens (primary N) is 1. The highest BCUT2D eigenvalue weighted by molar-refractivity contribution is 7.80. The van der Waals surface area contributed by atoms with Crippen molar-refractivity contribution in [2.24, 2.45) is 5.73 Å². The van der Waals surface area contributed by atoms with Crippen LogP contribution >= 0.6 is 12.2 Å². The maximum atomic E-state index is 13.0. The number of hydrogen-bond acceptors (Lipinski definition) is 3. The maximum Gasteiger partial charge on any atom is 0.125 e. The first-order chi connectivity index (χ1) is 8.15. The third kappa shape index (κ3) is 2.98. The van der Waals surface area contributed by atoms with Crippen LogP contribution in [0.3, 0.4) is 0 Å². The van der Waals surface area contributed by atoms with Gasteiger partial charge in [-0.3, -0.25) is 4.98 Å². The van der Waals surface area contributed by atoms with Crippen LogP contribution in [-0.4, -0.2) is 9.97 Å². The fourth-order valence-corrected chi connectivity index (χ4v) is 1.49. The van der Waals surface area contributed by atoms with Gasteiger partial charge in [-0.15, -0.1) is 0 Å². The Balaban J connectivity index is 2.24. The summed E-state index contributed by atoms with van der Waals surface area (Å²) in [5.41, 5.74) is 7.43. The molecule has 0 atom stereocenters. The summed E-state index contributed by atoms with van der Waals surface area (Å²) in [6, 6.07) is 9.66. The summed E-state index contributed by atoms with van der Waals surface area (Å²) in [4.78, 5) is 4.25. The average Bonchev–Trinajstić information content (AvgIpc) is 2.29. The van der Waals surface area contributed by atoms with Gasteiger partial charge in [0.15, 0.2) is 0 Å². The molecule has 0 saturated carbocycles. The monoisotopic (exact) mass is 247 g/mol. The number of benzene rings is 1. The highest BCUT2D eigenvalue weighted by Crippen LogP contribution is 2.17. The van der Waals surface area contributed by atoms with Crippen molar-refractivity contribution in [3.05, 3.63) is 54.1 Å². The molecule has 1 heterocycles. The number of rotatable bonds is 3. The van der Waals surface area contributed by atoms with Gasteiger partial charge in [-0.05, 0) is 30.3 Å². The third-order valence-corrected chi connectivity index (χ3v) is 2.33. The molecule has 86 valence electrons. The van der Waals surface area contributed by atoms with Crippen LogP contribution in [0.1, 0.15) is 5.69 Å². The van der Waals surface area contributed by atoms with Crippen molar-refractivity contribution in [2.45, 2.75) is 0 Å². The van der Waals surface area contributed by atoms with E-state index in [0.717, 1.165) is 5.69 Å². The van der Waals surface area contributed by atoms with Crippen LogP contribution in [0.25, 0.3) is 0 Å². The zero-order chi connectivity index (χ0) is 12.3. The van der Waals surface area contributed by atoms with Gasteiger partial charge < -0.3 is 11.1 Å². The Morgan fingerprint density at radius 3 is 2.71 bits per heavy atom. The quantitative estimate of drug-likeness (QED) is 0.819. The fourth-order valence-electron chi connectivity index (χ4n) is 1.38. The number of hydrogen-bond donors (Lipinski definition) is 2. The molecule has 17 heavy (non-hydrogen) atoms. The topological polar surface area (TPSA) is 50.9 Å². The molecular weight excluding hydrogens is 237 g/mol. The highest BCUT2D eigenvalue weighted by atomic mass is 32.1. The summed E-state index contributed by atoms with van der Waals surface area (Å²) >= 11 is 4.83. The number of thiocarbonyl (C=S) groups is 1. The molecule has 3 nitrogen and oxygen atoms in total. The summed E-state index contributed by atoms with van der Waals surface area (Å²) in [5, 5.41) is 3.04. The first-order valence-electron chi connectivity index (χ1n) is 4.93. The van der Waals surface area contributed by atoms with E-state index in [1.807, 2.05) is 0 Å². The van der Waals surface area contributed by atoms with E-state index in [9.17, 15) is 4.39 Å².